The summed E-state index contributed by atoms with van der Waals surface area (Å²) >= 11 is 0. The third kappa shape index (κ3) is 7.20. The minimum absolute atomic E-state index is 0.913. The SMILES string of the molecule is CCCCOCCCNCCN1CCCC1. The first-order valence-corrected chi connectivity index (χ1v) is 6.94. The van der Waals surface area contributed by atoms with E-state index in [-0.39, 0.29) is 0 Å². The Hall–Kier alpha value is -0.120. The lowest BCUT2D eigenvalue weighted by Crippen LogP contribution is -2.30. The Morgan fingerprint density at radius 3 is 2.56 bits per heavy atom. The number of hydrogen-bond donors (Lipinski definition) is 1. The zero-order valence-electron chi connectivity index (χ0n) is 10.8. The highest BCUT2D eigenvalue weighted by Gasteiger charge is 2.09. The van der Waals surface area contributed by atoms with Crippen LogP contribution in [0.1, 0.15) is 39.0 Å². The van der Waals surface area contributed by atoms with Crippen LogP contribution in [0.2, 0.25) is 0 Å². The third-order valence-electron chi connectivity index (χ3n) is 3.09. The lowest BCUT2D eigenvalue weighted by atomic mass is 10.3. The Labute approximate surface area is 101 Å². The van der Waals surface area contributed by atoms with Gasteiger partial charge >= 0.3 is 0 Å². The molecule has 0 saturated carbocycles. The van der Waals surface area contributed by atoms with Crippen molar-refractivity contribution in [1.82, 2.24) is 10.2 Å². The van der Waals surface area contributed by atoms with Crippen LogP contribution in [0.3, 0.4) is 0 Å². The van der Waals surface area contributed by atoms with Crippen LogP contribution in [0.25, 0.3) is 0 Å². The first-order chi connectivity index (χ1) is 7.93. The van der Waals surface area contributed by atoms with E-state index in [9.17, 15) is 0 Å². The Balaban J connectivity index is 1.71. The van der Waals surface area contributed by atoms with Crippen molar-refractivity contribution in [1.29, 1.82) is 0 Å². The third-order valence-corrected chi connectivity index (χ3v) is 3.09. The molecule has 0 unspecified atom stereocenters. The maximum Gasteiger partial charge on any atom is 0.0478 e. The second-order valence-corrected chi connectivity index (χ2v) is 4.62. The maximum atomic E-state index is 5.50. The molecule has 0 radical (unpaired) electrons. The molecule has 3 heteroatoms. The molecule has 0 spiro atoms. The first kappa shape index (κ1) is 13.9. The minimum atomic E-state index is 0.913. The minimum Gasteiger partial charge on any atom is -0.381 e. The van der Waals surface area contributed by atoms with Crippen molar-refractivity contribution in [2.45, 2.75) is 39.0 Å². The summed E-state index contributed by atoms with van der Waals surface area (Å²) in [6.07, 6.45) is 6.36. The highest BCUT2D eigenvalue weighted by atomic mass is 16.5. The van der Waals surface area contributed by atoms with Crippen LogP contribution in [0.4, 0.5) is 0 Å². The van der Waals surface area contributed by atoms with Crippen molar-refractivity contribution < 1.29 is 4.74 Å². The molecule has 3 nitrogen and oxygen atoms in total. The lowest BCUT2D eigenvalue weighted by Gasteiger charge is -2.14. The molecule has 16 heavy (non-hydrogen) atoms. The molecule has 1 heterocycles. The normalized spacial score (nSPS) is 17.1. The van der Waals surface area contributed by atoms with E-state index in [0.29, 0.717) is 0 Å². The quantitative estimate of drug-likeness (QED) is 0.578. The van der Waals surface area contributed by atoms with Crippen LogP contribution in [-0.4, -0.2) is 50.8 Å². The summed E-state index contributed by atoms with van der Waals surface area (Å²) in [4.78, 5) is 2.55. The molecule has 0 aliphatic carbocycles. The van der Waals surface area contributed by atoms with Gasteiger partial charge in [-0.05, 0) is 45.3 Å². The van der Waals surface area contributed by atoms with Crippen LogP contribution >= 0.6 is 0 Å². The van der Waals surface area contributed by atoms with E-state index >= 15 is 0 Å². The highest BCUT2D eigenvalue weighted by molar-refractivity contribution is 4.66. The largest absolute Gasteiger partial charge is 0.381 e. The molecule has 1 aliphatic heterocycles. The summed E-state index contributed by atoms with van der Waals surface area (Å²) in [6, 6.07) is 0. The van der Waals surface area contributed by atoms with E-state index in [1.165, 1.54) is 45.3 Å². The van der Waals surface area contributed by atoms with Gasteiger partial charge in [0.15, 0.2) is 0 Å². The summed E-state index contributed by atoms with van der Waals surface area (Å²) in [6.45, 7) is 10.1. The van der Waals surface area contributed by atoms with Crippen molar-refractivity contribution in [3.8, 4) is 0 Å². The van der Waals surface area contributed by atoms with Gasteiger partial charge in [-0.1, -0.05) is 13.3 Å². The van der Waals surface area contributed by atoms with Crippen LogP contribution in [0.15, 0.2) is 0 Å². The maximum absolute atomic E-state index is 5.50. The van der Waals surface area contributed by atoms with Crippen molar-refractivity contribution in [3.63, 3.8) is 0 Å². The van der Waals surface area contributed by atoms with Crippen molar-refractivity contribution >= 4 is 0 Å². The Morgan fingerprint density at radius 1 is 1.06 bits per heavy atom. The van der Waals surface area contributed by atoms with E-state index in [2.05, 4.69) is 17.1 Å². The zero-order valence-corrected chi connectivity index (χ0v) is 10.8. The molecule has 0 atom stereocenters. The molecule has 1 aliphatic rings. The summed E-state index contributed by atoms with van der Waals surface area (Å²) in [5.74, 6) is 0. The summed E-state index contributed by atoms with van der Waals surface area (Å²) in [7, 11) is 0. The Morgan fingerprint density at radius 2 is 1.81 bits per heavy atom. The summed E-state index contributed by atoms with van der Waals surface area (Å²) in [5.41, 5.74) is 0. The van der Waals surface area contributed by atoms with E-state index in [1.54, 1.807) is 0 Å². The molecule has 1 fully saturated rings. The number of nitrogens with one attached hydrogen (secondary N) is 1. The number of ether oxygens (including phenoxy) is 1. The van der Waals surface area contributed by atoms with Gasteiger partial charge in [-0.3, -0.25) is 0 Å². The zero-order chi connectivity index (χ0) is 11.5. The molecule has 1 N–H and O–H groups in total. The number of nitrogens with zero attached hydrogens (tertiary/aromatic N) is 1. The molecule has 0 amide bonds. The molecular formula is C13H28N2O. The number of hydrogen-bond acceptors (Lipinski definition) is 3. The van der Waals surface area contributed by atoms with Crippen molar-refractivity contribution in [2.24, 2.45) is 0 Å². The predicted octanol–water partition coefficient (Wildman–Crippen LogP) is 1.88. The molecule has 0 aromatic carbocycles. The highest BCUT2D eigenvalue weighted by Crippen LogP contribution is 2.05. The number of likely N-dealkylation sites (tertiary alicyclic amines) is 1. The fourth-order valence-electron chi connectivity index (χ4n) is 2.02. The number of unbranched alkanes of at least 4 members (excludes halogenated alkanes) is 1. The Bertz CT molecular complexity index is 147. The fourth-order valence-corrected chi connectivity index (χ4v) is 2.02. The van der Waals surface area contributed by atoms with Gasteiger partial charge in [-0.25, -0.2) is 0 Å². The monoisotopic (exact) mass is 228 g/mol. The van der Waals surface area contributed by atoms with Crippen LogP contribution in [-0.2, 0) is 4.74 Å². The standard InChI is InChI=1S/C13H28N2O/c1-2-3-12-16-13-6-7-14-8-11-15-9-4-5-10-15/h14H,2-13H2,1H3. The van der Waals surface area contributed by atoms with E-state index < -0.39 is 0 Å². The fraction of sp³-hybridized carbons (Fsp3) is 1.00. The van der Waals surface area contributed by atoms with Crippen LogP contribution in [0, 0.1) is 0 Å². The molecule has 96 valence electrons. The molecule has 1 saturated heterocycles. The van der Waals surface area contributed by atoms with Gasteiger partial charge < -0.3 is 15.0 Å². The Kier molecular flexibility index (Phi) is 8.77. The molecule has 0 bridgehead atoms. The summed E-state index contributed by atoms with van der Waals surface area (Å²) in [5, 5.41) is 3.48. The van der Waals surface area contributed by atoms with Gasteiger partial charge in [0, 0.05) is 26.3 Å². The van der Waals surface area contributed by atoms with Crippen molar-refractivity contribution in [3.05, 3.63) is 0 Å². The van der Waals surface area contributed by atoms with Gasteiger partial charge in [0.1, 0.15) is 0 Å². The second kappa shape index (κ2) is 10.1. The van der Waals surface area contributed by atoms with Gasteiger partial charge in [-0.15, -0.1) is 0 Å². The smallest absolute Gasteiger partial charge is 0.0478 e. The second-order valence-electron chi connectivity index (χ2n) is 4.62. The first-order valence-electron chi connectivity index (χ1n) is 6.94. The molecule has 1 rings (SSSR count). The van der Waals surface area contributed by atoms with Gasteiger partial charge in [0.2, 0.25) is 0 Å². The molecule has 0 aromatic rings. The molecule has 0 aromatic heterocycles. The lowest BCUT2D eigenvalue weighted by molar-refractivity contribution is 0.128. The molecular weight excluding hydrogens is 200 g/mol. The van der Waals surface area contributed by atoms with E-state index in [0.717, 1.165) is 32.7 Å². The van der Waals surface area contributed by atoms with Crippen LogP contribution in [0.5, 0.6) is 0 Å². The van der Waals surface area contributed by atoms with Gasteiger partial charge in [0.05, 0.1) is 0 Å². The van der Waals surface area contributed by atoms with E-state index in [4.69, 9.17) is 4.74 Å². The van der Waals surface area contributed by atoms with Gasteiger partial charge in [0.25, 0.3) is 0 Å². The van der Waals surface area contributed by atoms with Crippen LogP contribution < -0.4 is 5.32 Å². The summed E-state index contributed by atoms with van der Waals surface area (Å²) < 4.78 is 5.50. The number of rotatable bonds is 10. The topological polar surface area (TPSA) is 24.5 Å². The van der Waals surface area contributed by atoms with Crippen molar-refractivity contribution in [2.75, 3.05) is 45.9 Å². The van der Waals surface area contributed by atoms with E-state index in [1.807, 2.05) is 0 Å². The average Bonchev–Trinajstić information content (AvgIpc) is 2.80. The van der Waals surface area contributed by atoms with Gasteiger partial charge in [-0.2, -0.15) is 0 Å². The average molecular weight is 228 g/mol. The predicted molar refractivity (Wildman–Crippen MR) is 68.9 cm³/mol.